The molecule has 0 spiro atoms. The van der Waals surface area contributed by atoms with Crippen molar-refractivity contribution in [1.82, 2.24) is 4.57 Å². The zero-order chi connectivity index (χ0) is 53.7. The molecule has 14 rings (SSSR count). The van der Waals surface area contributed by atoms with Crippen LogP contribution in [0.5, 0.6) is 0 Å². The van der Waals surface area contributed by atoms with Gasteiger partial charge in [-0.1, -0.05) is 210 Å². The molecule has 2 aliphatic heterocycles. The summed E-state index contributed by atoms with van der Waals surface area (Å²) in [6, 6.07) is 66.2. The predicted octanol–water partition coefficient (Wildman–Crippen LogP) is 18.2. The molecule has 0 bridgehead atoms. The monoisotopic (exact) mass is 1010 g/mol. The van der Waals surface area contributed by atoms with Crippen LogP contribution in [0.15, 0.2) is 216 Å². The van der Waals surface area contributed by atoms with Crippen molar-refractivity contribution in [3.8, 4) is 39.1 Å². The van der Waals surface area contributed by atoms with Gasteiger partial charge in [-0.3, -0.25) is 0 Å². The minimum atomic E-state index is -0.228. The number of hydrogen-bond donors (Lipinski definition) is 0. The smallest absolute Gasteiger partial charge is 0.249 e. The predicted molar refractivity (Wildman–Crippen MR) is 322 cm³/mol. The molecule has 0 radical (unpaired) electrons. The van der Waals surface area contributed by atoms with Gasteiger partial charge in [0.1, 0.15) is 0 Å². The first-order valence-corrected chi connectivity index (χ1v) is 27.4. The molecular weight excluding hydrogens is 955 g/mol. The molecule has 0 N–H and O–H groups in total. The molecule has 0 aliphatic carbocycles. The van der Waals surface area contributed by atoms with E-state index in [4.69, 9.17) is 17.1 Å². The first-order valence-electron chi connectivity index (χ1n) is 27.4. The molecule has 6 heteroatoms. The highest BCUT2D eigenvalue weighted by atomic mass is 35.5. The quantitative estimate of drug-likeness (QED) is 0.159. The zero-order valence-corrected chi connectivity index (χ0v) is 44.4. The van der Waals surface area contributed by atoms with Gasteiger partial charge in [0, 0.05) is 73.9 Å². The lowest BCUT2D eigenvalue weighted by molar-refractivity contribution is 0.590. The van der Waals surface area contributed by atoms with Gasteiger partial charge in [-0.15, -0.1) is 11.3 Å². The maximum atomic E-state index is 9.08. The van der Waals surface area contributed by atoms with Crippen molar-refractivity contribution < 1.29 is 5.48 Å². The Balaban J connectivity index is 1.11. The molecule has 0 fully saturated rings. The second-order valence-electron chi connectivity index (χ2n) is 21.9. The second-order valence-corrected chi connectivity index (χ2v) is 24.4. The van der Waals surface area contributed by atoms with Gasteiger partial charge in [-0.05, 0) is 122 Å². The van der Waals surface area contributed by atoms with Crippen LogP contribution in [0.4, 0.5) is 17.1 Å². The molecule has 10 aromatic carbocycles. The summed E-state index contributed by atoms with van der Waals surface area (Å²) in [5.41, 5.74) is 18.9. The lowest BCUT2D eigenvalue weighted by atomic mass is 9.35. The van der Waals surface area contributed by atoms with Crippen LogP contribution in [0.25, 0.3) is 81.0 Å². The summed E-state index contributed by atoms with van der Waals surface area (Å²) in [5, 5.41) is 4.46. The van der Waals surface area contributed by atoms with Crippen molar-refractivity contribution in [2.24, 2.45) is 0 Å². The zero-order valence-electron chi connectivity index (χ0n) is 46.0. The number of halogens is 1. The molecule has 2 aromatic heterocycles. The fraction of sp³-hybridized carbons (Fsp3) is 0.118. The first kappa shape index (κ1) is 41.1. The minimum Gasteiger partial charge on any atom is -0.310 e. The molecule has 0 saturated heterocycles. The van der Waals surface area contributed by atoms with E-state index in [1.165, 1.54) is 33.2 Å². The number of aromatic nitrogens is 1. The molecule has 0 saturated carbocycles. The van der Waals surface area contributed by atoms with Crippen LogP contribution in [0.3, 0.4) is 0 Å². The Morgan fingerprint density at radius 2 is 1.09 bits per heavy atom. The molecule has 0 unspecified atom stereocenters. The van der Waals surface area contributed by atoms with Gasteiger partial charge in [0.05, 0.1) is 22.2 Å². The van der Waals surface area contributed by atoms with Crippen LogP contribution < -0.4 is 21.3 Å². The van der Waals surface area contributed by atoms with Crippen LogP contribution in [0.2, 0.25) is 5.02 Å². The number of hydrogen-bond acceptors (Lipinski definition) is 3. The second kappa shape index (κ2) is 16.9. The van der Waals surface area contributed by atoms with E-state index in [9.17, 15) is 0 Å². The third-order valence-electron chi connectivity index (χ3n) is 15.3. The van der Waals surface area contributed by atoms with Gasteiger partial charge >= 0.3 is 0 Å². The fourth-order valence-electron chi connectivity index (χ4n) is 11.7. The minimum absolute atomic E-state index is 0.00489. The Morgan fingerprint density at radius 3 is 1.70 bits per heavy atom. The normalized spacial score (nSPS) is 14.0. The Hall–Kier alpha value is -7.28. The number of fused-ring (bicyclic) bond motifs is 11. The number of benzene rings is 10. The van der Waals surface area contributed by atoms with E-state index in [0.717, 1.165) is 103 Å². The largest absolute Gasteiger partial charge is 0.310 e. The molecule has 12 aromatic rings. The SMILES string of the molecule is [2H]c1c([2H])c([2H])c2c(sc3c4c(ccc32)B2c3ccc(-n5c6ccc(C(C)(C)C)cc6c6cc(C(C)(C)C)ccc65)cc3N(c3c(-c5ccccc5)cc(-c5ccccc5)cc3-c3ccccc3)c3cc(Cl)cc(c32)S4)c1[2H]. The molecule has 0 amide bonds. The number of rotatable bonds is 5. The Bertz CT molecular complexity index is 4370. The number of anilines is 3. The van der Waals surface area contributed by atoms with Gasteiger partial charge in [0.25, 0.3) is 0 Å². The lowest BCUT2D eigenvalue weighted by Crippen LogP contribution is -2.59. The summed E-state index contributed by atoms with van der Waals surface area (Å²) < 4.78 is 39.4. The molecule has 74 heavy (non-hydrogen) atoms. The van der Waals surface area contributed by atoms with Crippen LogP contribution in [-0.4, -0.2) is 11.3 Å². The summed E-state index contributed by atoms with van der Waals surface area (Å²) in [5.74, 6) is 0. The summed E-state index contributed by atoms with van der Waals surface area (Å²) >= 11 is 10.7. The van der Waals surface area contributed by atoms with Crippen molar-refractivity contribution in [1.29, 1.82) is 0 Å². The van der Waals surface area contributed by atoms with Crippen LogP contribution in [-0.2, 0) is 10.8 Å². The van der Waals surface area contributed by atoms with Crippen molar-refractivity contribution in [2.45, 2.75) is 62.2 Å². The van der Waals surface area contributed by atoms with E-state index in [0.29, 0.717) is 15.1 Å². The van der Waals surface area contributed by atoms with E-state index >= 15 is 0 Å². The Morgan fingerprint density at radius 1 is 0.514 bits per heavy atom. The molecule has 2 nitrogen and oxygen atoms in total. The summed E-state index contributed by atoms with van der Waals surface area (Å²) in [7, 11) is 0. The Kier molecular flexibility index (Phi) is 9.38. The standard InChI is InChI=1S/C68H52BClN2S2/c1-67(2,3)45-26-32-57-53(36-45)54-37-46(68(4,5)6)27-33-58(54)71(57)48-28-30-55-59(40-48)72(60-38-47(70)39-62-63(60)69(55)56-31-29-50-49-24-16-17-25-61(49)73-65(50)66(56)74-62)64-51(42-20-12-8-13-21-42)34-44(41-18-10-7-11-19-41)35-52(64)43-22-14-9-15-23-43/h7-40H,1-6H3/i16D,17D,24D,25D. The van der Waals surface area contributed by atoms with Crippen LogP contribution in [0, 0.1) is 0 Å². The van der Waals surface area contributed by atoms with E-state index in [-0.39, 0.29) is 41.7 Å². The molecule has 0 atom stereocenters. The van der Waals surface area contributed by atoms with E-state index in [1.807, 2.05) is 0 Å². The van der Waals surface area contributed by atoms with Gasteiger partial charge in [-0.2, -0.15) is 0 Å². The maximum Gasteiger partial charge on any atom is 0.249 e. The van der Waals surface area contributed by atoms with E-state index in [1.54, 1.807) is 11.8 Å². The fourth-order valence-corrected chi connectivity index (χ4v) is 14.5. The maximum absolute atomic E-state index is 9.08. The highest BCUT2D eigenvalue weighted by Crippen LogP contribution is 2.53. The summed E-state index contributed by atoms with van der Waals surface area (Å²) in [4.78, 5) is 4.60. The molecule has 2 aliphatic rings. The lowest BCUT2D eigenvalue weighted by Gasteiger charge is -2.42. The van der Waals surface area contributed by atoms with Crippen molar-refractivity contribution in [3.05, 3.63) is 222 Å². The average Bonchev–Trinajstić information content (AvgIpc) is 4.16. The molecule has 4 heterocycles. The van der Waals surface area contributed by atoms with Crippen molar-refractivity contribution in [3.63, 3.8) is 0 Å². The summed E-state index contributed by atoms with van der Waals surface area (Å²) in [6.45, 7) is 13.5. The topological polar surface area (TPSA) is 8.17 Å². The summed E-state index contributed by atoms with van der Waals surface area (Å²) in [6.07, 6.45) is 0. The van der Waals surface area contributed by atoms with Crippen LogP contribution >= 0.6 is 34.7 Å². The molecular formula is C68H52BClN2S2. The Labute approximate surface area is 452 Å². The van der Waals surface area contributed by atoms with E-state index < -0.39 is 0 Å². The van der Waals surface area contributed by atoms with Gasteiger partial charge in [0.15, 0.2) is 0 Å². The number of thiophene rings is 1. The highest BCUT2D eigenvalue weighted by molar-refractivity contribution is 8.00. The van der Waals surface area contributed by atoms with Crippen molar-refractivity contribution in [2.75, 3.05) is 4.90 Å². The van der Waals surface area contributed by atoms with Gasteiger partial charge in [-0.25, -0.2) is 0 Å². The van der Waals surface area contributed by atoms with Gasteiger partial charge < -0.3 is 9.47 Å². The highest BCUT2D eigenvalue weighted by Gasteiger charge is 2.43. The average molecular weight is 1010 g/mol. The van der Waals surface area contributed by atoms with Gasteiger partial charge in [0.2, 0.25) is 6.71 Å². The first-order chi connectivity index (χ1) is 37.5. The van der Waals surface area contributed by atoms with Crippen molar-refractivity contribution >= 4 is 117 Å². The van der Waals surface area contributed by atoms with Crippen LogP contribution in [0.1, 0.15) is 58.2 Å². The third kappa shape index (κ3) is 7.15. The van der Waals surface area contributed by atoms with E-state index in [2.05, 4.69) is 233 Å². The third-order valence-corrected chi connectivity index (χ3v) is 18.0. The molecule has 356 valence electrons. The number of nitrogens with zero attached hydrogens (tertiary/aromatic N) is 2.